The van der Waals surface area contributed by atoms with Crippen molar-refractivity contribution in [3.05, 3.63) is 35.4 Å². The van der Waals surface area contributed by atoms with Crippen molar-refractivity contribution in [1.29, 1.82) is 0 Å². The average Bonchev–Trinajstić information content (AvgIpc) is 2.76. The van der Waals surface area contributed by atoms with E-state index in [9.17, 15) is 14.4 Å². The van der Waals surface area contributed by atoms with Crippen molar-refractivity contribution in [3.8, 4) is 0 Å². The third kappa shape index (κ3) is 2.64. The van der Waals surface area contributed by atoms with Gasteiger partial charge in [0, 0.05) is 5.56 Å². The van der Waals surface area contributed by atoms with Crippen molar-refractivity contribution in [2.75, 3.05) is 6.54 Å². The minimum absolute atomic E-state index is 0.104. The minimum atomic E-state index is -0.803. The maximum absolute atomic E-state index is 12.8. The van der Waals surface area contributed by atoms with Crippen LogP contribution >= 0.6 is 0 Å². The van der Waals surface area contributed by atoms with Crippen molar-refractivity contribution in [1.82, 2.24) is 10.2 Å². The normalized spacial score (nSPS) is 27.4. The van der Waals surface area contributed by atoms with Gasteiger partial charge in [0.25, 0.3) is 5.91 Å². The maximum Gasteiger partial charge on any atom is 0.325 e. The van der Waals surface area contributed by atoms with Crippen molar-refractivity contribution >= 4 is 17.7 Å². The summed E-state index contributed by atoms with van der Waals surface area (Å²) >= 11 is 0. The number of nitrogens with zero attached hydrogens (tertiary/aromatic N) is 1. The molecule has 1 heterocycles. The summed E-state index contributed by atoms with van der Waals surface area (Å²) in [6, 6.07) is 6.72. The number of nitrogens with one attached hydrogen (secondary N) is 1. The highest BCUT2D eigenvalue weighted by atomic mass is 16.2. The highest BCUT2D eigenvalue weighted by Crippen LogP contribution is 2.38. The van der Waals surface area contributed by atoms with Gasteiger partial charge in [-0.15, -0.1) is 0 Å². The van der Waals surface area contributed by atoms with Gasteiger partial charge in [-0.25, -0.2) is 4.79 Å². The number of rotatable bonds is 3. The molecule has 0 unspecified atom stereocenters. The first-order chi connectivity index (χ1) is 10.9. The second kappa shape index (κ2) is 5.80. The van der Waals surface area contributed by atoms with E-state index in [1.807, 2.05) is 26.0 Å². The van der Waals surface area contributed by atoms with Gasteiger partial charge in [-0.05, 0) is 25.7 Å². The summed E-state index contributed by atoms with van der Waals surface area (Å²) in [5.41, 5.74) is 0.781. The van der Waals surface area contributed by atoms with Crippen LogP contribution in [-0.2, 0) is 4.79 Å². The third-order valence-electron chi connectivity index (χ3n) is 5.18. The molecule has 23 heavy (non-hydrogen) atoms. The molecule has 2 aliphatic rings. The fourth-order valence-electron chi connectivity index (χ4n) is 3.61. The number of ketones is 1. The van der Waals surface area contributed by atoms with Gasteiger partial charge in [0.2, 0.25) is 0 Å². The number of carbonyl (C=O) groups excluding carboxylic acids is 3. The van der Waals surface area contributed by atoms with Crippen molar-refractivity contribution in [3.63, 3.8) is 0 Å². The Balaban J connectivity index is 1.78. The molecule has 0 bridgehead atoms. The summed E-state index contributed by atoms with van der Waals surface area (Å²) in [6.07, 6.45) is 3.59. The molecule has 5 nitrogen and oxygen atoms in total. The number of hydrogen-bond acceptors (Lipinski definition) is 3. The van der Waals surface area contributed by atoms with Crippen LogP contribution in [0.4, 0.5) is 4.79 Å². The molecule has 5 heteroatoms. The lowest BCUT2D eigenvalue weighted by atomic mass is 9.73. The van der Waals surface area contributed by atoms with Gasteiger partial charge in [-0.3, -0.25) is 14.5 Å². The van der Waals surface area contributed by atoms with E-state index in [1.54, 1.807) is 12.1 Å². The van der Waals surface area contributed by atoms with E-state index < -0.39 is 11.6 Å². The summed E-state index contributed by atoms with van der Waals surface area (Å²) in [4.78, 5) is 38.6. The number of amides is 3. The Morgan fingerprint density at radius 2 is 1.96 bits per heavy atom. The summed E-state index contributed by atoms with van der Waals surface area (Å²) in [7, 11) is 0. The summed E-state index contributed by atoms with van der Waals surface area (Å²) < 4.78 is 0. The molecule has 0 radical (unpaired) electrons. The largest absolute Gasteiger partial charge is 0.325 e. The Labute approximate surface area is 136 Å². The monoisotopic (exact) mass is 314 g/mol. The van der Waals surface area contributed by atoms with Gasteiger partial charge in [0.1, 0.15) is 5.54 Å². The maximum atomic E-state index is 12.8. The van der Waals surface area contributed by atoms with E-state index in [-0.39, 0.29) is 24.2 Å². The van der Waals surface area contributed by atoms with Crippen LogP contribution < -0.4 is 5.32 Å². The zero-order valence-electron chi connectivity index (χ0n) is 13.6. The van der Waals surface area contributed by atoms with Crippen molar-refractivity contribution in [2.45, 2.75) is 45.1 Å². The van der Waals surface area contributed by atoms with E-state index in [0.29, 0.717) is 12.0 Å². The van der Waals surface area contributed by atoms with Crippen LogP contribution in [0.15, 0.2) is 24.3 Å². The number of benzene rings is 1. The quantitative estimate of drug-likeness (QED) is 0.689. The van der Waals surface area contributed by atoms with Gasteiger partial charge in [0.05, 0.1) is 6.54 Å². The summed E-state index contributed by atoms with van der Waals surface area (Å²) in [5.74, 6) is -0.351. The van der Waals surface area contributed by atoms with Gasteiger partial charge in [-0.2, -0.15) is 0 Å². The van der Waals surface area contributed by atoms with Crippen LogP contribution in [0.25, 0.3) is 0 Å². The number of hydrogen-bond donors (Lipinski definition) is 1. The number of urea groups is 1. The molecule has 1 aliphatic heterocycles. The van der Waals surface area contributed by atoms with Crippen molar-refractivity contribution < 1.29 is 14.4 Å². The van der Waals surface area contributed by atoms with Gasteiger partial charge < -0.3 is 5.32 Å². The van der Waals surface area contributed by atoms with Crippen molar-refractivity contribution in [2.24, 2.45) is 5.92 Å². The molecule has 3 amide bonds. The second-order valence-corrected chi connectivity index (χ2v) is 6.73. The van der Waals surface area contributed by atoms with Gasteiger partial charge in [0.15, 0.2) is 5.78 Å². The van der Waals surface area contributed by atoms with E-state index >= 15 is 0 Å². The Hall–Kier alpha value is -2.17. The van der Waals surface area contributed by atoms with E-state index in [1.165, 1.54) is 0 Å². The number of carbonyl (C=O) groups is 3. The zero-order chi connectivity index (χ0) is 16.6. The molecule has 3 rings (SSSR count). The number of imide groups is 1. The SMILES string of the molecule is Cc1ccc(C(=O)CN2C(=O)N[C@@]3(CCCC[C@H]3C)C2=O)cc1. The van der Waals surface area contributed by atoms with E-state index in [0.717, 1.165) is 29.7 Å². The molecular weight excluding hydrogens is 292 g/mol. The first kappa shape index (κ1) is 15.7. The Bertz CT molecular complexity index is 653. The molecule has 1 spiro atoms. The zero-order valence-corrected chi connectivity index (χ0v) is 13.6. The molecule has 1 aromatic carbocycles. The first-order valence-electron chi connectivity index (χ1n) is 8.18. The Kier molecular flexibility index (Phi) is 3.96. The smallest absolute Gasteiger partial charge is 0.323 e. The highest BCUT2D eigenvalue weighted by Gasteiger charge is 2.55. The van der Waals surface area contributed by atoms with E-state index in [2.05, 4.69) is 5.32 Å². The molecule has 1 N–H and O–H groups in total. The van der Waals surface area contributed by atoms with Crippen LogP contribution in [0.2, 0.25) is 0 Å². The Morgan fingerprint density at radius 3 is 2.61 bits per heavy atom. The fraction of sp³-hybridized carbons (Fsp3) is 0.500. The van der Waals surface area contributed by atoms with E-state index in [4.69, 9.17) is 0 Å². The summed E-state index contributed by atoms with van der Waals surface area (Å²) in [6.45, 7) is 3.75. The van der Waals surface area contributed by atoms with Crippen LogP contribution in [-0.4, -0.2) is 34.7 Å². The molecule has 2 fully saturated rings. The Morgan fingerprint density at radius 1 is 1.26 bits per heavy atom. The molecule has 1 saturated carbocycles. The molecule has 122 valence electrons. The topological polar surface area (TPSA) is 66.5 Å². The lowest BCUT2D eigenvalue weighted by molar-refractivity contribution is -0.133. The van der Waals surface area contributed by atoms with Crippen LogP contribution in [0.3, 0.4) is 0 Å². The number of Topliss-reactive ketones (excluding diaryl/α,β-unsaturated/α-hetero) is 1. The van der Waals surface area contributed by atoms with Crippen LogP contribution in [0.1, 0.15) is 48.5 Å². The summed E-state index contributed by atoms with van der Waals surface area (Å²) in [5, 5.41) is 2.87. The number of aryl methyl sites for hydroxylation is 1. The predicted molar refractivity (Wildman–Crippen MR) is 86.1 cm³/mol. The lowest BCUT2D eigenvalue weighted by Crippen LogP contribution is -2.54. The molecule has 1 saturated heterocycles. The lowest BCUT2D eigenvalue weighted by Gasteiger charge is -2.36. The minimum Gasteiger partial charge on any atom is -0.323 e. The predicted octanol–water partition coefficient (Wildman–Crippen LogP) is 2.68. The first-order valence-corrected chi connectivity index (χ1v) is 8.18. The molecule has 0 aromatic heterocycles. The van der Waals surface area contributed by atoms with Crippen LogP contribution in [0, 0.1) is 12.8 Å². The molecule has 1 aliphatic carbocycles. The molecular formula is C18H22N2O3. The standard InChI is InChI=1S/C18H22N2O3/c1-12-6-8-14(9-7-12)15(21)11-20-16(22)18(19-17(20)23)10-4-3-5-13(18)2/h6-9,13H,3-5,10-11H2,1-2H3,(H,19,23)/t13-,18-/m1/s1. The highest BCUT2D eigenvalue weighted by molar-refractivity contribution is 6.11. The fourth-order valence-corrected chi connectivity index (χ4v) is 3.61. The second-order valence-electron chi connectivity index (χ2n) is 6.73. The molecule has 1 aromatic rings. The third-order valence-corrected chi connectivity index (χ3v) is 5.18. The average molecular weight is 314 g/mol. The van der Waals surface area contributed by atoms with Crippen LogP contribution in [0.5, 0.6) is 0 Å². The van der Waals surface area contributed by atoms with Gasteiger partial charge in [-0.1, -0.05) is 49.6 Å². The van der Waals surface area contributed by atoms with Gasteiger partial charge >= 0.3 is 6.03 Å². The molecule has 2 atom stereocenters.